The number of carbonyl (C=O) groups is 1. The number of hydrogen-bond acceptors (Lipinski definition) is 2. The topological polar surface area (TPSA) is 36.2 Å². The van der Waals surface area contributed by atoms with E-state index in [0.29, 0.717) is 6.61 Å². The molecule has 0 spiro atoms. The number of ether oxygens (including phenoxy) is 1. The molecule has 0 amide bonds. The van der Waals surface area contributed by atoms with Crippen molar-refractivity contribution < 1.29 is 9.53 Å². The Hall–Kier alpha value is -3.27. The summed E-state index contributed by atoms with van der Waals surface area (Å²) in [5.74, 6) is -0.212. The molecule has 0 bridgehead atoms. The molecule has 0 atom stereocenters. The number of hydrogen-bond donors (Lipinski definition) is 0. The molecule has 0 fully saturated rings. The van der Waals surface area contributed by atoms with E-state index in [1.165, 1.54) is 10.9 Å². The summed E-state index contributed by atoms with van der Waals surface area (Å²) in [6.07, 6.45) is 0. The van der Waals surface area contributed by atoms with Crippen LogP contribution in [-0.2, 0) is 25.4 Å². The average Bonchev–Trinajstić information content (AvgIpc) is 3.28. The minimum Gasteiger partial charge on any atom is -0.457 e. The number of carbonyl (C=O) groups excluding carboxylic acids is 1. The molecule has 4 nitrogen and oxygen atoms in total. The first kappa shape index (κ1) is 14.0. The largest absolute Gasteiger partial charge is 0.457 e. The van der Waals surface area contributed by atoms with Crippen molar-refractivity contribution in [2.75, 3.05) is 0 Å². The fourth-order valence-electron chi connectivity index (χ4n) is 4.75. The van der Waals surface area contributed by atoms with Gasteiger partial charge in [0.15, 0.2) is 0 Å². The average molecular weight is 340 g/mol. The first-order valence-corrected chi connectivity index (χ1v) is 8.74. The van der Waals surface area contributed by atoms with Crippen LogP contribution >= 0.6 is 0 Å². The molecule has 0 N–H and O–H groups in total. The van der Waals surface area contributed by atoms with Gasteiger partial charge in [-0.05, 0) is 12.1 Å². The van der Waals surface area contributed by atoms with Gasteiger partial charge in [0, 0.05) is 52.2 Å². The number of fused-ring (bicyclic) bond motifs is 10. The summed E-state index contributed by atoms with van der Waals surface area (Å²) >= 11 is 0. The number of esters is 1. The molecule has 1 aliphatic rings. The maximum atomic E-state index is 12.7. The van der Waals surface area contributed by atoms with Crippen LogP contribution in [0.1, 0.15) is 15.9 Å². The Bertz CT molecular complexity index is 1420. The predicted molar refractivity (Wildman–Crippen MR) is 104 cm³/mol. The van der Waals surface area contributed by atoms with Gasteiger partial charge in [0.1, 0.15) is 6.61 Å². The molecule has 1 aliphatic heterocycles. The van der Waals surface area contributed by atoms with Crippen molar-refractivity contribution >= 4 is 49.6 Å². The molecule has 126 valence electrons. The van der Waals surface area contributed by atoms with Gasteiger partial charge in [0.2, 0.25) is 0 Å². The molecule has 3 aromatic carbocycles. The van der Waals surface area contributed by atoms with E-state index in [1.54, 1.807) is 0 Å². The highest BCUT2D eigenvalue weighted by Gasteiger charge is 2.32. The van der Waals surface area contributed by atoms with Crippen molar-refractivity contribution in [3.8, 4) is 0 Å². The number of aromatic nitrogens is 2. The molecule has 0 aliphatic carbocycles. The van der Waals surface area contributed by atoms with Crippen LogP contribution in [0.3, 0.4) is 0 Å². The lowest BCUT2D eigenvalue weighted by atomic mass is 9.97. The first-order valence-electron chi connectivity index (χ1n) is 8.74. The minimum absolute atomic E-state index is 0.212. The zero-order valence-electron chi connectivity index (χ0n) is 14.5. The predicted octanol–water partition coefficient (Wildman–Crippen LogP) is 4.65. The summed E-state index contributed by atoms with van der Waals surface area (Å²) in [5, 5.41) is 4.43. The number of para-hydroxylation sites is 2. The number of rotatable bonds is 0. The van der Waals surface area contributed by atoms with E-state index in [4.69, 9.17) is 4.74 Å². The van der Waals surface area contributed by atoms with E-state index in [0.717, 1.165) is 43.8 Å². The lowest BCUT2D eigenvalue weighted by Crippen LogP contribution is -1.98. The lowest BCUT2D eigenvalue weighted by molar-refractivity contribution is 0.0537. The third kappa shape index (κ3) is 1.41. The number of cyclic esters (lactones) is 1. The van der Waals surface area contributed by atoms with Gasteiger partial charge < -0.3 is 13.9 Å². The Labute approximate surface area is 149 Å². The van der Waals surface area contributed by atoms with E-state index in [2.05, 4.69) is 59.6 Å². The van der Waals surface area contributed by atoms with Crippen molar-refractivity contribution in [2.45, 2.75) is 6.61 Å². The van der Waals surface area contributed by atoms with E-state index in [-0.39, 0.29) is 5.97 Å². The monoisotopic (exact) mass is 340 g/mol. The minimum atomic E-state index is -0.212. The van der Waals surface area contributed by atoms with Gasteiger partial charge in [-0.15, -0.1) is 0 Å². The second kappa shape index (κ2) is 4.47. The third-order valence-electron chi connectivity index (χ3n) is 5.84. The highest BCUT2D eigenvalue weighted by molar-refractivity contribution is 6.29. The van der Waals surface area contributed by atoms with Crippen molar-refractivity contribution in [1.82, 2.24) is 9.13 Å². The van der Waals surface area contributed by atoms with Gasteiger partial charge in [-0.1, -0.05) is 36.4 Å². The molecule has 3 heterocycles. The lowest BCUT2D eigenvalue weighted by Gasteiger charge is -2.07. The van der Waals surface area contributed by atoms with E-state index < -0.39 is 0 Å². The second-order valence-electron chi connectivity index (χ2n) is 7.03. The number of aryl methyl sites for hydroxylation is 2. The summed E-state index contributed by atoms with van der Waals surface area (Å²) in [6.45, 7) is 0.345. The van der Waals surface area contributed by atoms with Gasteiger partial charge >= 0.3 is 5.97 Å². The van der Waals surface area contributed by atoms with Gasteiger partial charge in [-0.25, -0.2) is 4.79 Å². The fourth-order valence-corrected chi connectivity index (χ4v) is 4.75. The molecule has 0 unspecified atom stereocenters. The van der Waals surface area contributed by atoms with Crippen LogP contribution in [0.5, 0.6) is 0 Å². The van der Waals surface area contributed by atoms with Crippen LogP contribution in [0.2, 0.25) is 0 Å². The molecule has 6 rings (SSSR count). The fraction of sp³-hybridized carbons (Fsp3) is 0.136. The van der Waals surface area contributed by atoms with Gasteiger partial charge in [0.05, 0.1) is 16.6 Å². The normalized spacial score (nSPS) is 14.0. The number of nitrogens with zero attached hydrogens (tertiary/aromatic N) is 2. The highest BCUT2D eigenvalue weighted by atomic mass is 16.5. The van der Waals surface area contributed by atoms with E-state index in [9.17, 15) is 4.79 Å². The second-order valence-corrected chi connectivity index (χ2v) is 7.03. The molecule has 4 heteroatoms. The van der Waals surface area contributed by atoms with Crippen LogP contribution < -0.4 is 0 Å². The summed E-state index contributed by atoms with van der Waals surface area (Å²) < 4.78 is 9.95. The van der Waals surface area contributed by atoms with Crippen molar-refractivity contribution in [3.05, 3.63) is 59.7 Å². The molecule has 5 aromatic rings. The smallest absolute Gasteiger partial charge is 0.339 e. The SMILES string of the molecule is Cn1c2ccccc2c2c3c(c4c5ccccc5n(C)c4c21)C(=O)OC3. The number of benzene rings is 3. The molecular weight excluding hydrogens is 324 g/mol. The highest BCUT2D eigenvalue weighted by Crippen LogP contribution is 2.44. The Balaban J connectivity index is 2.07. The molecule has 26 heavy (non-hydrogen) atoms. The quantitative estimate of drug-likeness (QED) is 0.385. The van der Waals surface area contributed by atoms with Crippen LogP contribution in [-0.4, -0.2) is 15.1 Å². The summed E-state index contributed by atoms with van der Waals surface area (Å²) in [5.41, 5.74) is 6.31. The zero-order valence-corrected chi connectivity index (χ0v) is 14.5. The van der Waals surface area contributed by atoms with Gasteiger partial charge in [0.25, 0.3) is 0 Å². The molecule has 0 saturated carbocycles. The summed E-state index contributed by atoms with van der Waals surface area (Å²) in [4.78, 5) is 12.7. The van der Waals surface area contributed by atoms with Gasteiger partial charge in [-0.3, -0.25) is 0 Å². The first-order chi connectivity index (χ1) is 12.7. The Morgan fingerprint density at radius 2 is 1.35 bits per heavy atom. The Morgan fingerprint density at radius 1 is 0.808 bits per heavy atom. The van der Waals surface area contributed by atoms with E-state index >= 15 is 0 Å². The summed E-state index contributed by atoms with van der Waals surface area (Å²) in [6, 6.07) is 16.6. The van der Waals surface area contributed by atoms with Crippen molar-refractivity contribution in [3.63, 3.8) is 0 Å². The third-order valence-corrected chi connectivity index (χ3v) is 5.84. The Morgan fingerprint density at radius 3 is 2.00 bits per heavy atom. The van der Waals surface area contributed by atoms with Crippen LogP contribution in [0.15, 0.2) is 48.5 Å². The maximum Gasteiger partial charge on any atom is 0.339 e. The van der Waals surface area contributed by atoms with Gasteiger partial charge in [-0.2, -0.15) is 0 Å². The van der Waals surface area contributed by atoms with Crippen LogP contribution in [0.4, 0.5) is 0 Å². The van der Waals surface area contributed by atoms with E-state index in [1.807, 2.05) is 12.1 Å². The maximum absolute atomic E-state index is 12.7. The van der Waals surface area contributed by atoms with Crippen molar-refractivity contribution in [2.24, 2.45) is 14.1 Å². The Kier molecular flexibility index (Phi) is 2.40. The summed E-state index contributed by atoms with van der Waals surface area (Å²) in [7, 11) is 4.18. The van der Waals surface area contributed by atoms with Crippen LogP contribution in [0, 0.1) is 0 Å². The van der Waals surface area contributed by atoms with Crippen LogP contribution in [0.25, 0.3) is 43.6 Å². The van der Waals surface area contributed by atoms with Crippen molar-refractivity contribution in [1.29, 1.82) is 0 Å². The zero-order chi connectivity index (χ0) is 17.6. The molecule has 0 saturated heterocycles. The molecule has 0 radical (unpaired) electrons. The molecular formula is C22H16N2O2. The standard InChI is InChI=1S/C22H16N2O2/c1-23-15-9-5-3-7-12(15)17-14-11-26-22(25)19(14)18-13-8-4-6-10-16(13)24(2)21(18)20(17)23/h3-10H,11H2,1-2H3. The molecule has 2 aromatic heterocycles.